The maximum absolute atomic E-state index is 12.5. The molecule has 7 heteroatoms. The van der Waals surface area contributed by atoms with Crippen molar-refractivity contribution >= 4 is 23.4 Å². The van der Waals surface area contributed by atoms with Crippen LogP contribution in [0.1, 0.15) is 19.4 Å². The first-order chi connectivity index (χ1) is 13.5. The lowest BCUT2D eigenvalue weighted by molar-refractivity contribution is -0.115. The molecular weight excluding hydrogens is 372 g/mol. The number of ether oxygens (including phenoxy) is 1. The second-order valence-electron chi connectivity index (χ2n) is 6.39. The van der Waals surface area contributed by atoms with Gasteiger partial charge in [0.1, 0.15) is 5.75 Å². The number of amides is 1. The summed E-state index contributed by atoms with van der Waals surface area (Å²) in [7, 11) is 1.92. The van der Waals surface area contributed by atoms with Crippen molar-refractivity contribution < 1.29 is 9.53 Å². The van der Waals surface area contributed by atoms with Crippen LogP contribution in [0.15, 0.2) is 53.7 Å². The van der Waals surface area contributed by atoms with Crippen LogP contribution in [0.4, 0.5) is 5.69 Å². The molecule has 0 aliphatic carbocycles. The minimum absolute atomic E-state index is 0.0883. The molecule has 0 unspecified atom stereocenters. The van der Waals surface area contributed by atoms with Gasteiger partial charge in [-0.25, -0.2) is 0 Å². The van der Waals surface area contributed by atoms with Crippen LogP contribution in [0.25, 0.3) is 11.4 Å². The third-order valence-electron chi connectivity index (χ3n) is 4.31. The lowest BCUT2D eigenvalue weighted by Gasteiger charge is -2.12. The Kier molecular flexibility index (Phi) is 6.36. The molecule has 3 rings (SSSR count). The Bertz CT molecular complexity index is 953. The van der Waals surface area contributed by atoms with E-state index in [1.165, 1.54) is 11.8 Å². The second kappa shape index (κ2) is 8.93. The molecule has 0 saturated heterocycles. The van der Waals surface area contributed by atoms with Gasteiger partial charge in [-0.05, 0) is 50.6 Å². The molecule has 2 aromatic carbocycles. The zero-order chi connectivity index (χ0) is 20.1. The van der Waals surface area contributed by atoms with Gasteiger partial charge >= 0.3 is 0 Å². The standard InChI is InChI=1S/C21H24N4O2S/c1-5-27-17-12-10-16(11-13-17)22-20(26)15(3)28-21-24-23-19(25(21)4)18-9-7-6-8-14(18)2/h6-13,15H,5H2,1-4H3,(H,22,26)/t15-/m1/s1. The van der Waals surface area contributed by atoms with Crippen LogP contribution in [-0.2, 0) is 11.8 Å². The summed E-state index contributed by atoms with van der Waals surface area (Å²) in [6.45, 7) is 6.45. The molecule has 1 atom stereocenters. The lowest BCUT2D eigenvalue weighted by atomic mass is 10.1. The van der Waals surface area contributed by atoms with Crippen LogP contribution in [-0.4, -0.2) is 32.5 Å². The van der Waals surface area contributed by atoms with Crippen LogP contribution >= 0.6 is 11.8 Å². The highest BCUT2D eigenvalue weighted by atomic mass is 32.2. The highest BCUT2D eigenvalue weighted by Crippen LogP contribution is 2.28. The van der Waals surface area contributed by atoms with E-state index in [0.29, 0.717) is 11.8 Å². The van der Waals surface area contributed by atoms with Gasteiger partial charge in [0.25, 0.3) is 0 Å². The Morgan fingerprint density at radius 1 is 1.18 bits per heavy atom. The van der Waals surface area contributed by atoms with Crippen LogP contribution in [0.2, 0.25) is 0 Å². The molecule has 0 fully saturated rings. The molecule has 28 heavy (non-hydrogen) atoms. The Balaban J connectivity index is 1.67. The molecule has 1 aromatic heterocycles. The molecule has 0 saturated carbocycles. The second-order valence-corrected chi connectivity index (χ2v) is 7.69. The van der Waals surface area contributed by atoms with Gasteiger partial charge in [0, 0.05) is 18.3 Å². The van der Waals surface area contributed by atoms with Crippen molar-refractivity contribution in [1.82, 2.24) is 14.8 Å². The largest absolute Gasteiger partial charge is 0.494 e. The molecular formula is C21H24N4O2S. The fourth-order valence-electron chi connectivity index (χ4n) is 2.73. The van der Waals surface area contributed by atoms with Crippen LogP contribution in [0.5, 0.6) is 5.75 Å². The normalized spacial score (nSPS) is 11.9. The van der Waals surface area contributed by atoms with Crippen molar-refractivity contribution in [3.8, 4) is 17.1 Å². The number of carbonyl (C=O) groups is 1. The van der Waals surface area contributed by atoms with E-state index in [1.807, 2.05) is 80.9 Å². The zero-order valence-electron chi connectivity index (χ0n) is 16.5. The molecule has 0 spiro atoms. The predicted molar refractivity (Wildman–Crippen MR) is 113 cm³/mol. The molecule has 6 nitrogen and oxygen atoms in total. The van der Waals surface area contributed by atoms with E-state index >= 15 is 0 Å². The Labute approximate surface area is 169 Å². The van der Waals surface area contributed by atoms with E-state index in [4.69, 9.17) is 4.74 Å². The summed E-state index contributed by atoms with van der Waals surface area (Å²) in [6, 6.07) is 15.4. The monoisotopic (exact) mass is 396 g/mol. The highest BCUT2D eigenvalue weighted by molar-refractivity contribution is 8.00. The van der Waals surface area contributed by atoms with E-state index in [9.17, 15) is 4.79 Å². The minimum Gasteiger partial charge on any atom is -0.494 e. The number of carbonyl (C=O) groups excluding carboxylic acids is 1. The van der Waals surface area contributed by atoms with Crippen molar-refractivity contribution in [2.45, 2.75) is 31.2 Å². The Morgan fingerprint density at radius 3 is 2.57 bits per heavy atom. The number of anilines is 1. The number of rotatable bonds is 7. The van der Waals surface area contributed by atoms with Gasteiger partial charge in [0.15, 0.2) is 11.0 Å². The van der Waals surface area contributed by atoms with Crippen LogP contribution < -0.4 is 10.1 Å². The van der Waals surface area contributed by atoms with Crippen molar-refractivity contribution in [3.63, 3.8) is 0 Å². The quantitative estimate of drug-likeness (QED) is 0.603. The van der Waals surface area contributed by atoms with E-state index in [1.54, 1.807) is 0 Å². The van der Waals surface area contributed by atoms with Crippen LogP contribution in [0, 0.1) is 6.92 Å². The molecule has 1 heterocycles. The lowest BCUT2D eigenvalue weighted by Crippen LogP contribution is -2.22. The van der Waals surface area contributed by atoms with Crippen molar-refractivity contribution in [2.24, 2.45) is 7.05 Å². The number of benzene rings is 2. The molecule has 1 N–H and O–H groups in total. The number of hydrogen-bond acceptors (Lipinski definition) is 5. The first kappa shape index (κ1) is 19.9. The van der Waals surface area contributed by atoms with Gasteiger partial charge in [0.2, 0.25) is 5.91 Å². The minimum atomic E-state index is -0.320. The van der Waals surface area contributed by atoms with E-state index in [0.717, 1.165) is 28.4 Å². The van der Waals surface area contributed by atoms with E-state index in [2.05, 4.69) is 15.5 Å². The summed E-state index contributed by atoms with van der Waals surface area (Å²) in [4.78, 5) is 12.5. The number of hydrogen-bond donors (Lipinski definition) is 1. The van der Waals surface area contributed by atoms with E-state index in [-0.39, 0.29) is 11.2 Å². The zero-order valence-corrected chi connectivity index (χ0v) is 17.3. The van der Waals surface area contributed by atoms with Crippen molar-refractivity contribution in [3.05, 3.63) is 54.1 Å². The van der Waals surface area contributed by atoms with E-state index < -0.39 is 0 Å². The maximum Gasteiger partial charge on any atom is 0.237 e. The average Bonchev–Trinajstić information content (AvgIpc) is 3.04. The molecule has 0 bridgehead atoms. The molecule has 3 aromatic rings. The van der Waals surface area contributed by atoms with Crippen LogP contribution in [0.3, 0.4) is 0 Å². The van der Waals surface area contributed by atoms with Gasteiger partial charge in [0.05, 0.1) is 11.9 Å². The third kappa shape index (κ3) is 4.54. The summed E-state index contributed by atoms with van der Waals surface area (Å²) in [6.07, 6.45) is 0. The van der Waals surface area contributed by atoms with Gasteiger partial charge in [-0.3, -0.25) is 4.79 Å². The first-order valence-corrected chi connectivity index (χ1v) is 10.0. The predicted octanol–water partition coefficient (Wildman–Crippen LogP) is 4.31. The Morgan fingerprint density at radius 2 is 1.89 bits per heavy atom. The van der Waals surface area contributed by atoms with Gasteiger partial charge in [-0.1, -0.05) is 36.0 Å². The molecule has 0 radical (unpaired) electrons. The van der Waals surface area contributed by atoms with Gasteiger partial charge in [-0.2, -0.15) is 0 Å². The SMILES string of the molecule is CCOc1ccc(NC(=O)[C@@H](C)Sc2nnc(-c3ccccc3C)n2C)cc1. The van der Waals surface area contributed by atoms with Gasteiger partial charge in [-0.15, -0.1) is 10.2 Å². The fraction of sp³-hybridized carbons (Fsp3) is 0.286. The molecule has 0 aliphatic rings. The summed E-state index contributed by atoms with van der Waals surface area (Å²) < 4.78 is 7.34. The fourth-order valence-corrected chi connectivity index (χ4v) is 3.55. The number of aryl methyl sites for hydroxylation is 1. The highest BCUT2D eigenvalue weighted by Gasteiger charge is 2.20. The summed E-state index contributed by atoms with van der Waals surface area (Å²) >= 11 is 1.38. The topological polar surface area (TPSA) is 69.0 Å². The molecule has 146 valence electrons. The maximum atomic E-state index is 12.5. The first-order valence-electron chi connectivity index (χ1n) is 9.15. The Hall–Kier alpha value is -2.80. The molecule has 1 amide bonds. The van der Waals surface area contributed by atoms with Crippen molar-refractivity contribution in [2.75, 3.05) is 11.9 Å². The van der Waals surface area contributed by atoms with Crippen molar-refractivity contribution in [1.29, 1.82) is 0 Å². The number of nitrogens with zero attached hydrogens (tertiary/aromatic N) is 3. The summed E-state index contributed by atoms with van der Waals surface area (Å²) in [5, 5.41) is 11.9. The summed E-state index contributed by atoms with van der Waals surface area (Å²) in [5.41, 5.74) is 2.91. The smallest absolute Gasteiger partial charge is 0.237 e. The van der Waals surface area contributed by atoms with Gasteiger partial charge < -0.3 is 14.6 Å². The number of nitrogens with one attached hydrogen (secondary N) is 1. The third-order valence-corrected chi connectivity index (χ3v) is 5.44. The number of thioether (sulfide) groups is 1. The molecule has 0 aliphatic heterocycles. The summed E-state index contributed by atoms with van der Waals surface area (Å²) in [5.74, 6) is 1.49. The average molecular weight is 397 g/mol. The number of aromatic nitrogens is 3.